The van der Waals surface area contributed by atoms with Crippen molar-refractivity contribution >= 4 is 29.2 Å². The number of nitrogens with one attached hydrogen (secondary N) is 3. The quantitative estimate of drug-likeness (QED) is 0.690. The number of likely N-dealkylation sites (N-methyl/N-ethyl adjacent to an activating group) is 1. The van der Waals surface area contributed by atoms with Gasteiger partial charge in [-0.1, -0.05) is 0 Å². The summed E-state index contributed by atoms with van der Waals surface area (Å²) in [5, 5.41) is 9.08. The van der Waals surface area contributed by atoms with E-state index in [-0.39, 0.29) is 29.9 Å². The molecule has 1 saturated carbocycles. The highest BCUT2D eigenvalue weighted by Gasteiger charge is 2.35. The van der Waals surface area contributed by atoms with Crippen molar-refractivity contribution in [2.75, 3.05) is 27.9 Å². The van der Waals surface area contributed by atoms with Gasteiger partial charge in [0, 0.05) is 25.2 Å². The third-order valence-corrected chi connectivity index (χ3v) is 5.39. The number of carbonyl (C=O) groups is 1. The minimum atomic E-state index is -4.51. The van der Waals surface area contributed by atoms with Gasteiger partial charge in [0.15, 0.2) is 5.82 Å². The van der Waals surface area contributed by atoms with E-state index in [9.17, 15) is 18.0 Å². The fraction of sp³-hybridized carbons (Fsp3) is 0.500. The highest BCUT2D eigenvalue weighted by molar-refractivity contribution is 6.03. The fourth-order valence-corrected chi connectivity index (χ4v) is 3.45. The van der Waals surface area contributed by atoms with E-state index in [1.807, 2.05) is 0 Å². The molecule has 0 spiro atoms. The highest BCUT2D eigenvalue weighted by atomic mass is 19.4. The lowest BCUT2D eigenvalue weighted by Crippen LogP contribution is -2.46. The molecule has 0 radical (unpaired) electrons. The number of halogens is 3. The van der Waals surface area contributed by atoms with E-state index < -0.39 is 11.9 Å². The summed E-state index contributed by atoms with van der Waals surface area (Å²) in [6, 6.07) is 0.623. The maximum Gasteiger partial charge on any atom is 0.433 e. The zero-order valence-electron chi connectivity index (χ0n) is 16.6. The SMILES string of the molecule is Cc1nc(NC2CC(Nc3cc(C(F)(F)F)ncn3)C2)nc2c1NC(=O)[C@H](C)N2C. The van der Waals surface area contributed by atoms with Crippen molar-refractivity contribution in [1.29, 1.82) is 0 Å². The Balaban J connectivity index is 1.38. The van der Waals surface area contributed by atoms with Crippen LogP contribution in [0.4, 0.5) is 36.4 Å². The number of rotatable bonds is 4. The van der Waals surface area contributed by atoms with Crippen LogP contribution in [0.25, 0.3) is 0 Å². The van der Waals surface area contributed by atoms with Crippen LogP contribution in [0.3, 0.4) is 0 Å². The number of carbonyl (C=O) groups excluding carboxylic acids is 1. The number of anilines is 4. The molecular weight excluding hydrogens is 401 g/mol. The molecule has 160 valence electrons. The van der Waals surface area contributed by atoms with Crippen molar-refractivity contribution in [3.63, 3.8) is 0 Å². The molecule has 1 fully saturated rings. The number of aryl methyl sites for hydroxylation is 1. The van der Waals surface area contributed by atoms with E-state index in [0.29, 0.717) is 36.0 Å². The Morgan fingerprint density at radius 3 is 2.57 bits per heavy atom. The topological polar surface area (TPSA) is 108 Å². The lowest BCUT2D eigenvalue weighted by molar-refractivity contribution is -0.141. The van der Waals surface area contributed by atoms with Crippen LogP contribution < -0.4 is 20.9 Å². The molecule has 0 unspecified atom stereocenters. The molecule has 1 amide bonds. The Labute approximate surface area is 170 Å². The van der Waals surface area contributed by atoms with E-state index in [4.69, 9.17) is 0 Å². The molecule has 3 heterocycles. The smallest absolute Gasteiger partial charge is 0.367 e. The van der Waals surface area contributed by atoms with Crippen LogP contribution in [0.15, 0.2) is 12.4 Å². The summed E-state index contributed by atoms with van der Waals surface area (Å²) in [4.78, 5) is 29.9. The van der Waals surface area contributed by atoms with Gasteiger partial charge in [0.2, 0.25) is 11.9 Å². The molecule has 0 saturated heterocycles. The lowest BCUT2D eigenvalue weighted by Gasteiger charge is -2.37. The maximum atomic E-state index is 12.8. The van der Waals surface area contributed by atoms with Crippen molar-refractivity contribution in [1.82, 2.24) is 19.9 Å². The van der Waals surface area contributed by atoms with Crippen LogP contribution in [0.1, 0.15) is 31.2 Å². The molecular formula is C18H21F3N8O. The summed E-state index contributed by atoms with van der Waals surface area (Å²) in [5.41, 5.74) is 0.283. The first-order chi connectivity index (χ1) is 14.1. The molecule has 0 bridgehead atoms. The van der Waals surface area contributed by atoms with Gasteiger partial charge in [-0.15, -0.1) is 0 Å². The third kappa shape index (κ3) is 3.81. The molecule has 1 aliphatic heterocycles. The number of aromatic nitrogens is 4. The highest BCUT2D eigenvalue weighted by Crippen LogP contribution is 2.34. The van der Waals surface area contributed by atoms with Crippen molar-refractivity contribution < 1.29 is 18.0 Å². The average molecular weight is 422 g/mol. The van der Waals surface area contributed by atoms with Gasteiger partial charge in [-0.2, -0.15) is 18.2 Å². The van der Waals surface area contributed by atoms with Crippen LogP contribution in [0, 0.1) is 6.92 Å². The third-order valence-electron chi connectivity index (χ3n) is 5.39. The molecule has 1 aliphatic carbocycles. The van der Waals surface area contributed by atoms with E-state index in [1.165, 1.54) is 0 Å². The Morgan fingerprint density at radius 1 is 1.17 bits per heavy atom. The predicted octanol–water partition coefficient (Wildman–Crippen LogP) is 2.43. The molecule has 4 rings (SSSR count). The Kier molecular flexibility index (Phi) is 4.86. The van der Waals surface area contributed by atoms with Crippen molar-refractivity contribution in [3.8, 4) is 0 Å². The zero-order valence-corrected chi connectivity index (χ0v) is 16.6. The van der Waals surface area contributed by atoms with Crippen molar-refractivity contribution in [2.24, 2.45) is 0 Å². The first-order valence-corrected chi connectivity index (χ1v) is 9.46. The Hall–Kier alpha value is -3.18. The number of hydrogen-bond acceptors (Lipinski definition) is 8. The van der Waals surface area contributed by atoms with Gasteiger partial charge in [0.05, 0.1) is 5.69 Å². The molecule has 0 aromatic carbocycles. The molecule has 9 nitrogen and oxygen atoms in total. The number of hydrogen-bond donors (Lipinski definition) is 3. The predicted molar refractivity (Wildman–Crippen MR) is 104 cm³/mol. The van der Waals surface area contributed by atoms with E-state index >= 15 is 0 Å². The van der Waals surface area contributed by atoms with Crippen LogP contribution in [-0.4, -0.2) is 51.0 Å². The second-order valence-electron chi connectivity index (χ2n) is 7.55. The molecule has 3 N–H and O–H groups in total. The summed E-state index contributed by atoms with van der Waals surface area (Å²) in [6.07, 6.45) is -2.25. The summed E-state index contributed by atoms with van der Waals surface area (Å²) in [6.45, 7) is 3.59. The lowest BCUT2D eigenvalue weighted by atomic mass is 9.87. The molecule has 1 atom stereocenters. The number of fused-ring (bicyclic) bond motifs is 1. The van der Waals surface area contributed by atoms with Gasteiger partial charge in [-0.3, -0.25) is 4.79 Å². The molecule has 2 aromatic rings. The van der Waals surface area contributed by atoms with Gasteiger partial charge in [0.1, 0.15) is 29.6 Å². The van der Waals surface area contributed by atoms with Gasteiger partial charge < -0.3 is 20.9 Å². The van der Waals surface area contributed by atoms with Gasteiger partial charge in [-0.05, 0) is 26.7 Å². The molecule has 2 aliphatic rings. The van der Waals surface area contributed by atoms with Crippen molar-refractivity contribution in [2.45, 2.75) is 51.0 Å². The van der Waals surface area contributed by atoms with Crippen LogP contribution in [0.5, 0.6) is 0 Å². The van der Waals surface area contributed by atoms with Crippen molar-refractivity contribution in [3.05, 3.63) is 23.8 Å². The number of amides is 1. The fourth-order valence-electron chi connectivity index (χ4n) is 3.45. The average Bonchev–Trinajstić information content (AvgIpc) is 2.65. The Morgan fingerprint density at radius 2 is 1.87 bits per heavy atom. The van der Waals surface area contributed by atoms with Gasteiger partial charge in [-0.25, -0.2) is 15.0 Å². The first-order valence-electron chi connectivity index (χ1n) is 9.46. The van der Waals surface area contributed by atoms with Crippen LogP contribution in [0.2, 0.25) is 0 Å². The minimum absolute atomic E-state index is 0.0146. The first kappa shape index (κ1) is 20.1. The standard InChI is InChI=1S/C18H21F3N8O/c1-8-14-15(29(3)9(2)16(30)27-14)28-17(24-8)26-11-4-10(5-11)25-13-6-12(18(19,20)21)22-7-23-13/h6-7,9-11H,4-5H2,1-3H3,(H,27,30)(H,22,23,25)(H,24,26,28)/t9-,10?,11?/m0/s1. The number of alkyl halides is 3. The van der Waals surface area contributed by atoms with E-state index in [1.54, 1.807) is 25.8 Å². The molecule has 30 heavy (non-hydrogen) atoms. The normalized spacial score (nSPS) is 23.3. The monoisotopic (exact) mass is 422 g/mol. The van der Waals surface area contributed by atoms with E-state index in [0.717, 1.165) is 12.4 Å². The van der Waals surface area contributed by atoms with Gasteiger partial charge >= 0.3 is 6.18 Å². The summed E-state index contributed by atoms with van der Waals surface area (Å²) < 4.78 is 38.3. The van der Waals surface area contributed by atoms with Crippen LogP contribution in [-0.2, 0) is 11.0 Å². The zero-order chi connectivity index (χ0) is 21.6. The Bertz CT molecular complexity index is 976. The second kappa shape index (κ2) is 7.26. The minimum Gasteiger partial charge on any atom is -0.367 e. The summed E-state index contributed by atoms with van der Waals surface area (Å²) in [7, 11) is 1.80. The maximum absolute atomic E-state index is 12.8. The largest absolute Gasteiger partial charge is 0.433 e. The molecule has 12 heteroatoms. The second-order valence-corrected chi connectivity index (χ2v) is 7.55. The van der Waals surface area contributed by atoms with Gasteiger partial charge in [0.25, 0.3) is 0 Å². The summed E-state index contributed by atoms with van der Waals surface area (Å²) in [5.74, 6) is 1.13. The number of nitrogens with zero attached hydrogens (tertiary/aromatic N) is 5. The summed E-state index contributed by atoms with van der Waals surface area (Å²) >= 11 is 0. The molecule has 2 aromatic heterocycles. The van der Waals surface area contributed by atoms with E-state index in [2.05, 4.69) is 35.9 Å². The van der Waals surface area contributed by atoms with Crippen LogP contribution >= 0.6 is 0 Å².